The predicted octanol–water partition coefficient (Wildman–Crippen LogP) is 3.61. The summed E-state index contributed by atoms with van der Waals surface area (Å²) in [6.07, 6.45) is 0. The van der Waals surface area contributed by atoms with E-state index in [1.807, 2.05) is 43.3 Å². The molecule has 0 unspecified atom stereocenters. The van der Waals surface area contributed by atoms with Crippen molar-refractivity contribution in [1.29, 1.82) is 0 Å². The molecule has 2 aromatic rings. The number of hydrazone groups is 1. The van der Waals surface area contributed by atoms with Gasteiger partial charge in [0.2, 0.25) is 0 Å². The SMILES string of the molecule is COc1ccc(/C(C)=N/NC(=O)c2ccccc2Br)cc1. The largest absolute Gasteiger partial charge is 0.497 e. The van der Waals surface area contributed by atoms with Crippen molar-refractivity contribution in [2.45, 2.75) is 6.92 Å². The van der Waals surface area contributed by atoms with Gasteiger partial charge in [-0.05, 0) is 64.8 Å². The molecule has 0 saturated carbocycles. The molecule has 0 radical (unpaired) electrons. The van der Waals surface area contributed by atoms with Crippen LogP contribution in [0.1, 0.15) is 22.8 Å². The topological polar surface area (TPSA) is 50.7 Å². The molecule has 0 atom stereocenters. The Kier molecular flexibility index (Phi) is 5.11. The van der Waals surface area contributed by atoms with Gasteiger partial charge in [-0.25, -0.2) is 5.43 Å². The van der Waals surface area contributed by atoms with Gasteiger partial charge in [-0.1, -0.05) is 12.1 Å². The first kappa shape index (κ1) is 15.3. The number of carbonyl (C=O) groups excluding carboxylic acids is 1. The Morgan fingerprint density at radius 3 is 2.43 bits per heavy atom. The van der Waals surface area contributed by atoms with Gasteiger partial charge in [0.1, 0.15) is 5.75 Å². The van der Waals surface area contributed by atoms with Crippen LogP contribution in [-0.4, -0.2) is 18.7 Å². The standard InChI is InChI=1S/C16H15BrN2O2/c1-11(12-7-9-13(21-2)10-8-12)18-19-16(20)14-5-3-4-6-15(14)17/h3-10H,1-2H3,(H,19,20)/b18-11+. The molecule has 0 saturated heterocycles. The van der Waals surface area contributed by atoms with Gasteiger partial charge in [-0.15, -0.1) is 0 Å². The van der Waals surface area contributed by atoms with Crippen molar-refractivity contribution in [2.24, 2.45) is 5.10 Å². The molecule has 0 aromatic heterocycles. The zero-order valence-electron chi connectivity index (χ0n) is 11.8. The lowest BCUT2D eigenvalue weighted by Gasteiger charge is -2.05. The molecule has 108 valence electrons. The predicted molar refractivity (Wildman–Crippen MR) is 86.8 cm³/mol. The fourth-order valence-electron chi connectivity index (χ4n) is 1.74. The molecular weight excluding hydrogens is 332 g/mol. The average Bonchev–Trinajstić information content (AvgIpc) is 2.52. The van der Waals surface area contributed by atoms with E-state index in [0.29, 0.717) is 5.56 Å². The average molecular weight is 347 g/mol. The van der Waals surface area contributed by atoms with Crippen LogP contribution >= 0.6 is 15.9 Å². The lowest BCUT2D eigenvalue weighted by molar-refractivity contribution is 0.0954. The van der Waals surface area contributed by atoms with Gasteiger partial charge >= 0.3 is 0 Å². The molecule has 0 spiro atoms. The maximum absolute atomic E-state index is 12.0. The van der Waals surface area contributed by atoms with E-state index >= 15 is 0 Å². The fraction of sp³-hybridized carbons (Fsp3) is 0.125. The molecule has 0 aliphatic carbocycles. The lowest BCUT2D eigenvalue weighted by Crippen LogP contribution is -2.19. The lowest BCUT2D eigenvalue weighted by atomic mass is 10.1. The first-order chi connectivity index (χ1) is 10.1. The van der Waals surface area contributed by atoms with Gasteiger partial charge in [0.15, 0.2) is 0 Å². The van der Waals surface area contributed by atoms with E-state index in [9.17, 15) is 4.79 Å². The third-order valence-corrected chi connectivity index (χ3v) is 3.64. The second kappa shape index (κ2) is 7.04. The maximum atomic E-state index is 12.0. The number of ether oxygens (including phenoxy) is 1. The number of rotatable bonds is 4. The minimum atomic E-state index is -0.254. The van der Waals surface area contributed by atoms with Gasteiger partial charge in [-0.3, -0.25) is 4.79 Å². The van der Waals surface area contributed by atoms with Crippen LogP contribution in [0, 0.1) is 0 Å². The Bertz CT molecular complexity index is 666. The highest BCUT2D eigenvalue weighted by Crippen LogP contribution is 2.15. The fourth-order valence-corrected chi connectivity index (χ4v) is 2.20. The van der Waals surface area contributed by atoms with Gasteiger partial charge < -0.3 is 4.74 Å². The third-order valence-electron chi connectivity index (χ3n) is 2.95. The number of methoxy groups -OCH3 is 1. The molecule has 4 nitrogen and oxygen atoms in total. The molecule has 0 heterocycles. The van der Waals surface area contributed by atoms with E-state index in [4.69, 9.17) is 4.74 Å². The highest BCUT2D eigenvalue weighted by molar-refractivity contribution is 9.10. The van der Waals surface area contributed by atoms with Gasteiger partial charge in [0, 0.05) is 4.47 Å². The summed E-state index contributed by atoms with van der Waals surface area (Å²) >= 11 is 3.34. The summed E-state index contributed by atoms with van der Waals surface area (Å²) in [4.78, 5) is 12.0. The van der Waals surface area contributed by atoms with E-state index in [-0.39, 0.29) is 5.91 Å². The van der Waals surface area contributed by atoms with Crippen LogP contribution < -0.4 is 10.2 Å². The number of carbonyl (C=O) groups is 1. The smallest absolute Gasteiger partial charge is 0.272 e. The number of halogens is 1. The van der Waals surface area contributed by atoms with Crippen molar-refractivity contribution >= 4 is 27.5 Å². The third kappa shape index (κ3) is 3.92. The monoisotopic (exact) mass is 346 g/mol. The molecule has 0 aliphatic heterocycles. The summed E-state index contributed by atoms with van der Waals surface area (Å²) < 4.78 is 5.84. The van der Waals surface area contributed by atoms with Crippen LogP contribution in [0.4, 0.5) is 0 Å². The minimum absolute atomic E-state index is 0.254. The molecule has 21 heavy (non-hydrogen) atoms. The second-order valence-corrected chi connectivity index (χ2v) is 5.20. The maximum Gasteiger partial charge on any atom is 0.272 e. The first-order valence-corrected chi connectivity index (χ1v) is 7.14. The van der Waals surface area contributed by atoms with E-state index < -0.39 is 0 Å². The van der Waals surface area contributed by atoms with Crippen molar-refractivity contribution in [3.05, 3.63) is 64.1 Å². The number of benzene rings is 2. The van der Waals surface area contributed by atoms with Gasteiger partial charge in [0.25, 0.3) is 5.91 Å². The molecule has 2 aromatic carbocycles. The first-order valence-electron chi connectivity index (χ1n) is 6.35. The Morgan fingerprint density at radius 2 is 1.81 bits per heavy atom. The van der Waals surface area contributed by atoms with Crippen LogP contribution in [0.2, 0.25) is 0 Å². The Balaban J connectivity index is 2.09. The van der Waals surface area contributed by atoms with Crippen LogP contribution in [0.15, 0.2) is 58.1 Å². The number of hydrogen-bond acceptors (Lipinski definition) is 3. The van der Waals surface area contributed by atoms with Crippen LogP contribution in [0.3, 0.4) is 0 Å². The number of hydrogen-bond donors (Lipinski definition) is 1. The number of amides is 1. The van der Waals surface area contributed by atoms with Crippen molar-refractivity contribution in [1.82, 2.24) is 5.43 Å². The van der Waals surface area contributed by atoms with Gasteiger partial charge in [0.05, 0.1) is 18.4 Å². The van der Waals surface area contributed by atoms with E-state index in [1.165, 1.54) is 0 Å². The van der Waals surface area contributed by atoms with E-state index in [2.05, 4.69) is 26.5 Å². The minimum Gasteiger partial charge on any atom is -0.497 e. The zero-order chi connectivity index (χ0) is 15.2. The number of nitrogens with zero attached hydrogens (tertiary/aromatic N) is 1. The molecule has 5 heteroatoms. The second-order valence-electron chi connectivity index (χ2n) is 4.35. The van der Waals surface area contributed by atoms with Crippen molar-refractivity contribution in [3.8, 4) is 5.75 Å². The van der Waals surface area contributed by atoms with Crippen LogP contribution in [0.5, 0.6) is 5.75 Å². The van der Waals surface area contributed by atoms with E-state index in [0.717, 1.165) is 21.5 Å². The molecule has 1 N–H and O–H groups in total. The summed E-state index contributed by atoms with van der Waals surface area (Å²) in [6, 6.07) is 14.7. The Labute approximate surface area is 132 Å². The summed E-state index contributed by atoms with van der Waals surface area (Å²) in [7, 11) is 1.62. The molecule has 0 aliphatic rings. The Hall–Kier alpha value is -2.14. The van der Waals surface area contributed by atoms with Crippen molar-refractivity contribution in [2.75, 3.05) is 7.11 Å². The van der Waals surface area contributed by atoms with Crippen molar-refractivity contribution in [3.63, 3.8) is 0 Å². The normalized spacial score (nSPS) is 11.1. The molecular formula is C16H15BrN2O2. The summed E-state index contributed by atoms with van der Waals surface area (Å²) in [5.41, 5.74) is 4.74. The highest BCUT2D eigenvalue weighted by atomic mass is 79.9. The van der Waals surface area contributed by atoms with Crippen LogP contribution in [-0.2, 0) is 0 Å². The van der Waals surface area contributed by atoms with Crippen LogP contribution in [0.25, 0.3) is 0 Å². The summed E-state index contributed by atoms with van der Waals surface area (Å²) in [5, 5.41) is 4.12. The summed E-state index contributed by atoms with van der Waals surface area (Å²) in [5.74, 6) is 0.527. The highest BCUT2D eigenvalue weighted by Gasteiger charge is 2.08. The molecule has 0 fully saturated rings. The molecule has 2 rings (SSSR count). The Morgan fingerprint density at radius 1 is 1.14 bits per heavy atom. The van der Waals surface area contributed by atoms with Gasteiger partial charge in [-0.2, -0.15) is 5.10 Å². The molecule has 1 amide bonds. The number of nitrogens with one attached hydrogen (secondary N) is 1. The van der Waals surface area contributed by atoms with E-state index in [1.54, 1.807) is 19.2 Å². The zero-order valence-corrected chi connectivity index (χ0v) is 13.3. The van der Waals surface area contributed by atoms with Crippen molar-refractivity contribution < 1.29 is 9.53 Å². The molecule has 0 bridgehead atoms. The quantitative estimate of drug-likeness (QED) is 0.679. The summed E-state index contributed by atoms with van der Waals surface area (Å²) in [6.45, 7) is 1.84.